The predicted octanol–water partition coefficient (Wildman–Crippen LogP) is 2.61. The van der Waals surface area contributed by atoms with Gasteiger partial charge >= 0.3 is 5.97 Å². The molecule has 0 amide bonds. The Morgan fingerprint density at radius 3 is 1.55 bits per heavy atom. The summed E-state index contributed by atoms with van der Waals surface area (Å²) in [6.07, 6.45) is 6.94. The van der Waals surface area contributed by atoms with Gasteiger partial charge < -0.3 is 20.1 Å². The van der Waals surface area contributed by atoms with Gasteiger partial charge in [-0.05, 0) is 25.7 Å². The lowest BCUT2D eigenvalue weighted by Crippen LogP contribution is -1.92. The third kappa shape index (κ3) is 43.5. The van der Waals surface area contributed by atoms with Crippen molar-refractivity contribution in [2.45, 2.75) is 52.4 Å². The van der Waals surface area contributed by atoms with E-state index in [1.165, 1.54) is 0 Å². The lowest BCUT2D eigenvalue weighted by molar-refractivity contribution is -0.131. The van der Waals surface area contributed by atoms with E-state index in [4.69, 9.17) is 20.1 Å². The second-order valence-corrected chi connectivity index (χ2v) is 4.02. The molecule has 0 unspecified atom stereocenters. The molecular formula is C15H32O5. The largest absolute Gasteiger partial charge is 0.478 e. The van der Waals surface area contributed by atoms with Crippen molar-refractivity contribution in [1.29, 1.82) is 0 Å². The molecule has 0 atom stereocenters. The van der Waals surface area contributed by atoms with Crippen LogP contribution in [0.2, 0.25) is 0 Å². The smallest absolute Gasteiger partial charge is 0.327 e. The Kier molecular flexibility index (Phi) is 32.1. The van der Waals surface area contributed by atoms with Gasteiger partial charge in [-0.25, -0.2) is 4.79 Å². The van der Waals surface area contributed by atoms with Crippen molar-refractivity contribution in [3.8, 4) is 0 Å². The molecule has 0 aliphatic rings. The van der Waals surface area contributed by atoms with Gasteiger partial charge in [0.1, 0.15) is 0 Å². The number of hydrogen-bond acceptors (Lipinski definition) is 4. The van der Waals surface area contributed by atoms with E-state index in [2.05, 4.69) is 20.4 Å². The molecule has 5 heteroatoms. The number of aliphatic carboxylic acids is 1. The molecule has 3 N–H and O–H groups in total. The minimum absolute atomic E-state index is 0.283. The molecule has 0 spiro atoms. The van der Waals surface area contributed by atoms with E-state index in [-0.39, 0.29) is 13.2 Å². The van der Waals surface area contributed by atoms with Gasteiger partial charge in [-0.1, -0.05) is 33.3 Å². The van der Waals surface area contributed by atoms with Gasteiger partial charge in [-0.3, -0.25) is 0 Å². The van der Waals surface area contributed by atoms with Crippen molar-refractivity contribution >= 4 is 5.97 Å². The first-order valence-electron chi connectivity index (χ1n) is 7.25. The Bertz CT molecular complexity index is 173. The van der Waals surface area contributed by atoms with Crippen molar-refractivity contribution < 1.29 is 24.9 Å². The summed E-state index contributed by atoms with van der Waals surface area (Å²) in [4.78, 5) is 9.25. The summed E-state index contributed by atoms with van der Waals surface area (Å²) in [6, 6.07) is 0. The molecule has 0 rings (SSSR count). The molecule has 0 aliphatic heterocycles. The fraction of sp³-hybridized carbons (Fsp3) is 0.800. The lowest BCUT2D eigenvalue weighted by atomic mass is 10.2. The maximum atomic E-state index is 9.25. The number of carbonyl (C=O) groups is 1. The number of ether oxygens (including phenoxy) is 1. The molecule has 5 nitrogen and oxygen atoms in total. The molecule has 0 radical (unpaired) electrons. The maximum absolute atomic E-state index is 9.25. The summed E-state index contributed by atoms with van der Waals surface area (Å²) in [6.45, 7) is 9.62. The minimum atomic E-state index is -0.981. The number of carboxylic acid groups (broad SMARTS) is 1. The van der Waals surface area contributed by atoms with Crippen LogP contribution in [0.25, 0.3) is 0 Å². The van der Waals surface area contributed by atoms with Crippen LogP contribution in [0, 0.1) is 0 Å². The van der Waals surface area contributed by atoms with E-state index in [9.17, 15) is 4.79 Å². The number of unbranched alkanes of at least 4 members (excludes halogenated alkanes) is 3. The van der Waals surface area contributed by atoms with Gasteiger partial charge in [-0.15, -0.1) is 0 Å². The van der Waals surface area contributed by atoms with Crippen molar-refractivity contribution in [3.63, 3.8) is 0 Å². The van der Waals surface area contributed by atoms with E-state index < -0.39 is 5.97 Å². The van der Waals surface area contributed by atoms with Gasteiger partial charge in [-0.2, -0.15) is 0 Å². The van der Waals surface area contributed by atoms with Gasteiger partial charge in [0.05, 0.1) is 0 Å². The Morgan fingerprint density at radius 1 is 1.00 bits per heavy atom. The van der Waals surface area contributed by atoms with Gasteiger partial charge in [0.2, 0.25) is 0 Å². The minimum Gasteiger partial charge on any atom is -0.478 e. The molecule has 0 aromatic rings. The number of rotatable bonds is 10. The van der Waals surface area contributed by atoms with Gasteiger partial charge in [0.15, 0.2) is 0 Å². The number of aliphatic hydroxyl groups excluding tert-OH is 2. The first-order valence-corrected chi connectivity index (χ1v) is 7.25. The van der Waals surface area contributed by atoms with Gasteiger partial charge in [0, 0.05) is 32.5 Å². The Morgan fingerprint density at radius 2 is 1.35 bits per heavy atom. The standard InChI is InChI=1S/C6H14O2.C6H14O.C3H4O2/c7-5-3-1-2-4-6-8;1-3-5-7-6-4-2;1-2-3(4)5/h7-8H,1-6H2;3-6H2,1-2H3;2H,1H2,(H,4,5). The lowest BCUT2D eigenvalue weighted by Gasteiger charge is -1.95. The van der Waals surface area contributed by atoms with Crippen LogP contribution in [0.3, 0.4) is 0 Å². The van der Waals surface area contributed by atoms with E-state index >= 15 is 0 Å². The summed E-state index contributed by atoms with van der Waals surface area (Å²) < 4.78 is 5.13. The van der Waals surface area contributed by atoms with Gasteiger partial charge in [0.25, 0.3) is 0 Å². The average Bonchev–Trinajstić information content (AvgIpc) is 2.45. The molecule has 0 saturated carbocycles. The SMILES string of the molecule is C=CC(=O)O.CCCOCCC.OCCCCCCO. The van der Waals surface area contributed by atoms with Crippen LogP contribution in [-0.2, 0) is 9.53 Å². The fourth-order valence-corrected chi connectivity index (χ4v) is 0.968. The quantitative estimate of drug-likeness (QED) is 0.425. The zero-order chi connectivity index (χ0) is 16.1. The number of carboxylic acids is 1. The van der Waals surface area contributed by atoms with Crippen LogP contribution < -0.4 is 0 Å². The molecule has 0 aromatic carbocycles. The Labute approximate surface area is 123 Å². The van der Waals surface area contributed by atoms with Crippen LogP contribution in [-0.4, -0.2) is 47.7 Å². The predicted molar refractivity (Wildman–Crippen MR) is 81.9 cm³/mol. The molecule has 0 aromatic heterocycles. The van der Waals surface area contributed by atoms with Crippen molar-refractivity contribution in [2.75, 3.05) is 26.4 Å². The third-order valence-corrected chi connectivity index (χ3v) is 1.94. The summed E-state index contributed by atoms with van der Waals surface area (Å²) in [5.41, 5.74) is 0. The Hall–Kier alpha value is -0.910. The van der Waals surface area contributed by atoms with E-state index in [1.807, 2.05) is 0 Å². The average molecular weight is 292 g/mol. The van der Waals surface area contributed by atoms with Crippen LogP contribution in [0.15, 0.2) is 12.7 Å². The molecule has 0 saturated heterocycles. The Balaban J connectivity index is -0.000000223. The summed E-state index contributed by atoms with van der Waals surface area (Å²) in [5, 5.41) is 24.2. The highest BCUT2D eigenvalue weighted by atomic mass is 16.5. The first kappa shape index (κ1) is 24.1. The molecular weight excluding hydrogens is 260 g/mol. The van der Waals surface area contributed by atoms with Crippen molar-refractivity contribution in [1.82, 2.24) is 0 Å². The molecule has 20 heavy (non-hydrogen) atoms. The molecule has 0 fully saturated rings. The fourth-order valence-electron chi connectivity index (χ4n) is 0.968. The highest BCUT2D eigenvalue weighted by Crippen LogP contribution is 1.96. The second kappa shape index (κ2) is 26.6. The van der Waals surface area contributed by atoms with E-state index in [0.717, 1.165) is 57.8 Å². The molecule has 0 heterocycles. The maximum Gasteiger partial charge on any atom is 0.327 e. The molecule has 0 aliphatic carbocycles. The topological polar surface area (TPSA) is 87.0 Å². The van der Waals surface area contributed by atoms with Crippen LogP contribution >= 0.6 is 0 Å². The summed E-state index contributed by atoms with van der Waals surface area (Å²) in [7, 11) is 0. The van der Waals surface area contributed by atoms with E-state index in [0.29, 0.717) is 0 Å². The monoisotopic (exact) mass is 292 g/mol. The van der Waals surface area contributed by atoms with Crippen LogP contribution in [0.4, 0.5) is 0 Å². The number of aliphatic hydroxyl groups is 2. The van der Waals surface area contributed by atoms with Crippen molar-refractivity contribution in [2.24, 2.45) is 0 Å². The van der Waals surface area contributed by atoms with Crippen LogP contribution in [0.5, 0.6) is 0 Å². The van der Waals surface area contributed by atoms with Crippen LogP contribution in [0.1, 0.15) is 52.4 Å². The summed E-state index contributed by atoms with van der Waals surface area (Å²) >= 11 is 0. The highest BCUT2D eigenvalue weighted by molar-refractivity contribution is 5.78. The zero-order valence-corrected chi connectivity index (χ0v) is 13.0. The molecule has 122 valence electrons. The number of hydrogen-bond donors (Lipinski definition) is 3. The third-order valence-electron chi connectivity index (χ3n) is 1.94. The second-order valence-electron chi connectivity index (χ2n) is 4.02. The molecule has 0 bridgehead atoms. The van der Waals surface area contributed by atoms with Crippen molar-refractivity contribution in [3.05, 3.63) is 12.7 Å². The van der Waals surface area contributed by atoms with E-state index in [1.54, 1.807) is 0 Å². The first-order chi connectivity index (χ1) is 9.60. The summed E-state index contributed by atoms with van der Waals surface area (Å²) in [5.74, 6) is -0.981. The normalized spacial score (nSPS) is 8.80. The highest BCUT2D eigenvalue weighted by Gasteiger charge is 1.84. The zero-order valence-electron chi connectivity index (χ0n) is 13.0.